The third-order valence-electron chi connectivity index (χ3n) is 2.25. The van der Waals surface area contributed by atoms with Crippen LogP contribution in [-0.4, -0.2) is 36.0 Å². The van der Waals surface area contributed by atoms with Crippen LogP contribution in [0.2, 0.25) is 0 Å². The van der Waals surface area contributed by atoms with Gasteiger partial charge >= 0.3 is 0 Å². The molecule has 0 saturated heterocycles. The second-order valence-corrected chi connectivity index (χ2v) is 5.62. The summed E-state index contributed by atoms with van der Waals surface area (Å²) < 4.78 is 0. The van der Waals surface area contributed by atoms with E-state index in [2.05, 4.69) is 15.3 Å². The monoisotopic (exact) mass is 287 g/mol. The summed E-state index contributed by atoms with van der Waals surface area (Å²) in [6.07, 6.45) is 5.14. The first kappa shape index (κ1) is 15.3. The predicted molar refractivity (Wildman–Crippen MR) is 82.6 cm³/mol. The molecule has 5 N–H and O–H groups in total. The number of hydrogen-bond donors (Lipinski definition) is 3. The zero-order chi connectivity index (χ0) is 13.2. The lowest BCUT2D eigenvalue weighted by Crippen LogP contribution is -2.23. The van der Waals surface area contributed by atoms with Gasteiger partial charge in [0.05, 0.1) is 12.2 Å². The van der Waals surface area contributed by atoms with Crippen molar-refractivity contribution in [2.45, 2.75) is 19.3 Å². The van der Waals surface area contributed by atoms with Crippen LogP contribution in [0.15, 0.2) is 10.4 Å². The highest BCUT2D eigenvalue weighted by Crippen LogP contribution is 2.16. The molecule has 7 heteroatoms. The Morgan fingerprint density at radius 3 is 3.11 bits per heavy atom. The van der Waals surface area contributed by atoms with E-state index >= 15 is 0 Å². The number of nitrogens with one attached hydrogen (secondary N) is 1. The average molecular weight is 287 g/mol. The molecule has 0 atom stereocenters. The molecule has 0 radical (unpaired) electrons. The van der Waals surface area contributed by atoms with Gasteiger partial charge in [0.1, 0.15) is 0 Å². The SMILES string of the molecule is CSCC/N=C(/N)Nc1nc(CCCCN)cs1. The maximum Gasteiger partial charge on any atom is 0.194 e. The first-order valence-corrected chi connectivity index (χ1v) is 8.24. The van der Waals surface area contributed by atoms with Gasteiger partial charge in [-0.1, -0.05) is 0 Å². The fourth-order valence-corrected chi connectivity index (χ4v) is 2.36. The van der Waals surface area contributed by atoms with E-state index in [0.717, 1.165) is 48.9 Å². The predicted octanol–water partition coefficient (Wildman–Crippen LogP) is 1.51. The van der Waals surface area contributed by atoms with Crippen molar-refractivity contribution in [3.8, 4) is 0 Å². The third-order valence-corrected chi connectivity index (χ3v) is 3.65. The number of thioether (sulfide) groups is 1. The molecule has 1 aromatic rings. The summed E-state index contributed by atoms with van der Waals surface area (Å²) in [6.45, 7) is 1.47. The van der Waals surface area contributed by atoms with Crippen molar-refractivity contribution >= 4 is 34.2 Å². The van der Waals surface area contributed by atoms with E-state index in [1.807, 2.05) is 11.6 Å². The van der Waals surface area contributed by atoms with Crippen molar-refractivity contribution in [2.24, 2.45) is 16.5 Å². The number of thiazole rings is 1. The van der Waals surface area contributed by atoms with Gasteiger partial charge in [-0.3, -0.25) is 4.99 Å². The van der Waals surface area contributed by atoms with E-state index < -0.39 is 0 Å². The van der Waals surface area contributed by atoms with E-state index in [4.69, 9.17) is 11.5 Å². The van der Waals surface area contributed by atoms with Crippen LogP contribution in [0.5, 0.6) is 0 Å². The van der Waals surface area contributed by atoms with Gasteiger partial charge in [-0.05, 0) is 32.1 Å². The number of rotatable bonds is 8. The largest absolute Gasteiger partial charge is 0.370 e. The van der Waals surface area contributed by atoms with Crippen LogP contribution in [0, 0.1) is 0 Å². The molecule has 0 aliphatic heterocycles. The highest BCUT2D eigenvalue weighted by Gasteiger charge is 2.02. The Labute approximate surface area is 116 Å². The van der Waals surface area contributed by atoms with Gasteiger partial charge in [0.25, 0.3) is 0 Å². The highest BCUT2D eigenvalue weighted by atomic mass is 32.2. The third kappa shape index (κ3) is 6.23. The van der Waals surface area contributed by atoms with Gasteiger partial charge in [-0.2, -0.15) is 11.8 Å². The van der Waals surface area contributed by atoms with Gasteiger partial charge in [-0.25, -0.2) is 4.98 Å². The summed E-state index contributed by atoms with van der Waals surface area (Å²) in [5, 5.41) is 5.87. The van der Waals surface area contributed by atoms with Crippen molar-refractivity contribution in [1.82, 2.24) is 4.98 Å². The normalized spacial score (nSPS) is 11.8. The number of aryl methyl sites for hydroxylation is 1. The zero-order valence-electron chi connectivity index (χ0n) is 10.7. The minimum absolute atomic E-state index is 0.437. The number of aromatic nitrogens is 1. The molecule has 0 saturated carbocycles. The zero-order valence-corrected chi connectivity index (χ0v) is 12.3. The van der Waals surface area contributed by atoms with E-state index in [1.54, 1.807) is 23.1 Å². The first-order chi connectivity index (χ1) is 8.76. The molecular formula is C11H21N5S2. The molecule has 0 spiro atoms. The number of nitrogens with two attached hydrogens (primary N) is 2. The van der Waals surface area contributed by atoms with E-state index in [9.17, 15) is 0 Å². The van der Waals surface area contributed by atoms with E-state index in [0.29, 0.717) is 5.96 Å². The fraction of sp³-hybridized carbons (Fsp3) is 0.636. The molecule has 0 fully saturated rings. The lowest BCUT2D eigenvalue weighted by molar-refractivity contribution is 0.736. The van der Waals surface area contributed by atoms with Crippen LogP contribution in [0.3, 0.4) is 0 Å². The van der Waals surface area contributed by atoms with Crippen molar-refractivity contribution in [1.29, 1.82) is 0 Å². The minimum atomic E-state index is 0.437. The molecule has 18 heavy (non-hydrogen) atoms. The molecular weight excluding hydrogens is 266 g/mol. The quantitative estimate of drug-likeness (QED) is 0.383. The van der Waals surface area contributed by atoms with Gasteiger partial charge < -0.3 is 16.8 Å². The Morgan fingerprint density at radius 2 is 2.39 bits per heavy atom. The first-order valence-electron chi connectivity index (χ1n) is 5.96. The summed E-state index contributed by atoms with van der Waals surface area (Å²) in [7, 11) is 0. The molecule has 1 aromatic heterocycles. The van der Waals surface area contributed by atoms with Crippen LogP contribution >= 0.6 is 23.1 Å². The molecule has 0 aliphatic carbocycles. The Morgan fingerprint density at radius 1 is 1.56 bits per heavy atom. The second kappa shape index (κ2) is 9.18. The van der Waals surface area contributed by atoms with Crippen LogP contribution in [0.4, 0.5) is 5.13 Å². The molecule has 0 aromatic carbocycles. The van der Waals surface area contributed by atoms with Gasteiger partial charge in [0, 0.05) is 11.1 Å². The number of nitrogens with zero attached hydrogens (tertiary/aromatic N) is 2. The van der Waals surface area contributed by atoms with Gasteiger partial charge in [0.15, 0.2) is 11.1 Å². The number of anilines is 1. The Hall–Kier alpha value is -0.790. The topological polar surface area (TPSA) is 89.3 Å². The van der Waals surface area contributed by atoms with Crippen molar-refractivity contribution < 1.29 is 0 Å². The Balaban J connectivity index is 2.36. The molecule has 0 amide bonds. The van der Waals surface area contributed by atoms with Crippen molar-refractivity contribution in [3.05, 3.63) is 11.1 Å². The lowest BCUT2D eigenvalue weighted by Gasteiger charge is -2.00. The highest BCUT2D eigenvalue weighted by molar-refractivity contribution is 7.98. The maximum absolute atomic E-state index is 5.76. The summed E-state index contributed by atoms with van der Waals surface area (Å²) in [6, 6.07) is 0. The molecule has 1 rings (SSSR count). The molecule has 5 nitrogen and oxygen atoms in total. The Kier molecular flexibility index (Phi) is 7.79. The summed E-state index contributed by atoms with van der Waals surface area (Å²) >= 11 is 3.31. The summed E-state index contributed by atoms with van der Waals surface area (Å²) in [5.74, 6) is 1.41. The smallest absolute Gasteiger partial charge is 0.194 e. The minimum Gasteiger partial charge on any atom is -0.370 e. The summed E-state index contributed by atoms with van der Waals surface area (Å²) in [4.78, 5) is 8.66. The standard InChI is InChI=1S/C11H21N5S2/c1-17-7-6-14-10(13)16-11-15-9(8-18-11)4-2-3-5-12/h8H,2-7,12H2,1H3,(H3,13,14,15,16). The van der Waals surface area contributed by atoms with Crippen LogP contribution in [0.25, 0.3) is 0 Å². The molecule has 0 unspecified atom stereocenters. The van der Waals surface area contributed by atoms with Crippen LogP contribution < -0.4 is 16.8 Å². The number of aliphatic imine (C=N–C) groups is 1. The average Bonchev–Trinajstić information content (AvgIpc) is 2.77. The van der Waals surface area contributed by atoms with Gasteiger partial charge in [0.2, 0.25) is 0 Å². The van der Waals surface area contributed by atoms with Crippen LogP contribution in [-0.2, 0) is 6.42 Å². The lowest BCUT2D eigenvalue weighted by atomic mass is 10.2. The Bertz CT molecular complexity index is 364. The van der Waals surface area contributed by atoms with Crippen molar-refractivity contribution in [3.63, 3.8) is 0 Å². The number of guanidine groups is 1. The van der Waals surface area contributed by atoms with Crippen molar-refractivity contribution in [2.75, 3.05) is 30.4 Å². The summed E-state index contributed by atoms with van der Waals surface area (Å²) in [5.41, 5.74) is 12.3. The molecule has 102 valence electrons. The number of unbranched alkanes of at least 4 members (excludes halogenated alkanes) is 1. The second-order valence-electron chi connectivity index (χ2n) is 3.77. The molecule has 0 aliphatic rings. The molecule has 0 bridgehead atoms. The fourth-order valence-electron chi connectivity index (χ4n) is 1.34. The van der Waals surface area contributed by atoms with E-state index in [1.165, 1.54) is 0 Å². The van der Waals surface area contributed by atoms with E-state index in [-0.39, 0.29) is 0 Å². The maximum atomic E-state index is 5.76. The molecule has 1 heterocycles. The number of hydrogen-bond acceptors (Lipinski definition) is 5. The van der Waals surface area contributed by atoms with Crippen LogP contribution in [0.1, 0.15) is 18.5 Å². The van der Waals surface area contributed by atoms with Gasteiger partial charge in [-0.15, -0.1) is 11.3 Å².